The van der Waals surface area contributed by atoms with Crippen molar-refractivity contribution in [3.8, 4) is 11.3 Å². The van der Waals surface area contributed by atoms with Gasteiger partial charge in [-0.2, -0.15) is 0 Å². The molecule has 0 saturated heterocycles. The van der Waals surface area contributed by atoms with Gasteiger partial charge in [0.25, 0.3) is 10.0 Å². The van der Waals surface area contributed by atoms with Gasteiger partial charge in [0, 0.05) is 18.4 Å². The van der Waals surface area contributed by atoms with Crippen molar-refractivity contribution in [2.45, 2.75) is 38.1 Å². The van der Waals surface area contributed by atoms with Gasteiger partial charge in [-0.15, -0.1) is 0 Å². The van der Waals surface area contributed by atoms with E-state index >= 15 is 0 Å². The first-order chi connectivity index (χ1) is 14.5. The Morgan fingerprint density at radius 1 is 1.19 bits per heavy atom. The molecule has 2 heterocycles. The van der Waals surface area contributed by atoms with Gasteiger partial charge >= 0.3 is 6.09 Å². The highest BCUT2D eigenvalue weighted by atomic mass is 35.5. The van der Waals surface area contributed by atoms with Crippen molar-refractivity contribution in [3.05, 3.63) is 71.6 Å². The largest absolute Gasteiger partial charge is 0.465 e. The van der Waals surface area contributed by atoms with Crippen LogP contribution in [0, 0.1) is 5.41 Å². The van der Waals surface area contributed by atoms with Gasteiger partial charge in [-0.1, -0.05) is 62.7 Å². The number of hydrogen-bond donors (Lipinski definition) is 2. The van der Waals surface area contributed by atoms with Gasteiger partial charge in [0.15, 0.2) is 0 Å². The number of pyridine rings is 1. The highest BCUT2D eigenvalue weighted by Gasteiger charge is 2.29. The molecule has 2 aromatic heterocycles. The number of halogens is 1. The fraction of sp³-hybridized carbons (Fsp3) is 0.273. The van der Waals surface area contributed by atoms with Crippen LogP contribution in [0.3, 0.4) is 0 Å². The molecule has 164 valence electrons. The summed E-state index contributed by atoms with van der Waals surface area (Å²) in [6.45, 7) is 5.79. The van der Waals surface area contributed by atoms with Gasteiger partial charge in [0.1, 0.15) is 10.0 Å². The first-order valence-electron chi connectivity index (χ1n) is 9.62. The second kappa shape index (κ2) is 8.72. The average molecular weight is 462 g/mol. The summed E-state index contributed by atoms with van der Waals surface area (Å²) >= 11 is 5.81. The molecule has 0 fully saturated rings. The molecule has 3 aromatic rings. The van der Waals surface area contributed by atoms with E-state index in [2.05, 4.69) is 10.3 Å². The monoisotopic (exact) mass is 461 g/mol. The zero-order chi connectivity index (χ0) is 22.8. The summed E-state index contributed by atoms with van der Waals surface area (Å²) in [5.41, 5.74) is 1.52. The van der Waals surface area contributed by atoms with E-state index in [-0.39, 0.29) is 15.5 Å². The van der Waals surface area contributed by atoms with Crippen molar-refractivity contribution in [1.29, 1.82) is 0 Å². The number of nitrogens with zero attached hydrogens (tertiary/aromatic N) is 2. The number of nitrogens with one attached hydrogen (secondary N) is 1. The van der Waals surface area contributed by atoms with E-state index in [0.29, 0.717) is 17.7 Å². The minimum Gasteiger partial charge on any atom is -0.465 e. The standard InChI is InChI=1S/C22H24ClN3O4S/c1-22(2,3)19(25-21(27)28)12-15-11-18(16-7-5-4-6-8-16)26(14-15)31(29,30)17-9-10-20(23)24-13-17/h4-11,13-14,19,25H,12H2,1-3H3,(H,27,28). The van der Waals surface area contributed by atoms with Crippen LogP contribution in [-0.4, -0.2) is 34.6 Å². The highest BCUT2D eigenvalue weighted by molar-refractivity contribution is 7.90. The fourth-order valence-corrected chi connectivity index (χ4v) is 4.67. The van der Waals surface area contributed by atoms with Crippen LogP contribution in [-0.2, 0) is 16.4 Å². The minimum atomic E-state index is -3.95. The Hall–Kier alpha value is -2.84. The first-order valence-corrected chi connectivity index (χ1v) is 11.4. The maximum atomic E-state index is 13.4. The summed E-state index contributed by atoms with van der Waals surface area (Å²) < 4.78 is 28.0. The van der Waals surface area contributed by atoms with E-state index in [9.17, 15) is 18.3 Å². The number of amides is 1. The molecule has 0 aliphatic rings. The quantitative estimate of drug-likeness (QED) is 0.519. The number of carbonyl (C=O) groups is 1. The Kier molecular flexibility index (Phi) is 6.43. The molecular weight excluding hydrogens is 438 g/mol. The third-order valence-corrected chi connectivity index (χ3v) is 6.83. The maximum Gasteiger partial charge on any atom is 0.404 e. The van der Waals surface area contributed by atoms with E-state index in [4.69, 9.17) is 11.6 Å². The molecule has 1 amide bonds. The molecule has 0 spiro atoms. The fourth-order valence-electron chi connectivity index (χ4n) is 3.21. The Balaban J connectivity index is 2.11. The molecular formula is C22H24ClN3O4S. The van der Waals surface area contributed by atoms with Crippen molar-refractivity contribution in [2.24, 2.45) is 5.41 Å². The molecule has 31 heavy (non-hydrogen) atoms. The predicted octanol–water partition coefficient (Wildman–Crippen LogP) is 4.67. The van der Waals surface area contributed by atoms with Gasteiger partial charge in [-0.3, -0.25) is 0 Å². The lowest BCUT2D eigenvalue weighted by Crippen LogP contribution is -2.44. The van der Waals surface area contributed by atoms with Crippen molar-refractivity contribution in [2.75, 3.05) is 0 Å². The zero-order valence-corrected chi connectivity index (χ0v) is 19.0. The molecule has 0 saturated carbocycles. The molecule has 0 aliphatic carbocycles. The van der Waals surface area contributed by atoms with Crippen LogP contribution in [0.15, 0.2) is 65.8 Å². The molecule has 3 rings (SSSR count). The Morgan fingerprint density at radius 3 is 2.42 bits per heavy atom. The highest BCUT2D eigenvalue weighted by Crippen LogP contribution is 2.30. The third kappa shape index (κ3) is 5.26. The van der Waals surface area contributed by atoms with Crippen molar-refractivity contribution < 1.29 is 18.3 Å². The normalized spacial score (nSPS) is 13.0. The van der Waals surface area contributed by atoms with Crippen molar-refractivity contribution in [3.63, 3.8) is 0 Å². The number of hydrogen-bond acceptors (Lipinski definition) is 4. The summed E-state index contributed by atoms with van der Waals surface area (Å²) in [6, 6.07) is 13.3. The molecule has 0 radical (unpaired) electrons. The van der Waals surface area contributed by atoms with E-state index < -0.39 is 22.2 Å². The Morgan fingerprint density at radius 2 is 1.87 bits per heavy atom. The lowest BCUT2D eigenvalue weighted by atomic mass is 9.83. The number of carboxylic acid groups (broad SMARTS) is 1. The third-order valence-electron chi connectivity index (χ3n) is 4.95. The van der Waals surface area contributed by atoms with Crippen LogP contribution < -0.4 is 5.32 Å². The van der Waals surface area contributed by atoms with Crippen LogP contribution in [0.4, 0.5) is 4.79 Å². The van der Waals surface area contributed by atoms with Crippen LogP contribution in [0.1, 0.15) is 26.3 Å². The van der Waals surface area contributed by atoms with Crippen LogP contribution in [0.5, 0.6) is 0 Å². The van der Waals surface area contributed by atoms with E-state index in [1.54, 1.807) is 6.07 Å². The molecule has 0 bridgehead atoms. The van der Waals surface area contributed by atoms with Gasteiger partial charge < -0.3 is 10.4 Å². The van der Waals surface area contributed by atoms with Crippen LogP contribution in [0.25, 0.3) is 11.3 Å². The second-order valence-corrected chi connectivity index (χ2v) is 10.5. The smallest absolute Gasteiger partial charge is 0.404 e. The molecule has 1 aromatic carbocycles. The molecule has 9 heteroatoms. The van der Waals surface area contributed by atoms with Gasteiger partial charge in [-0.05, 0) is 41.2 Å². The second-order valence-electron chi connectivity index (χ2n) is 8.29. The van der Waals surface area contributed by atoms with Crippen LogP contribution >= 0.6 is 11.6 Å². The molecule has 2 N–H and O–H groups in total. The van der Waals surface area contributed by atoms with Crippen molar-refractivity contribution in [1.82, 2.24) is 14.3 Å². The minimum absolute atomic E-state index is 0.00673. The Labute approximate surface area is 186 Å². The summed E-state index contributed by atoms with van der Waals surface area (Å²) in [5, 5.41) is 12.0. The zero-order valence-electron chi connectivity index (χ0n) is 17.4. The number of benzene rings is 1. The molecule has 7 nitrogen and oxygen atoms in total. The lowest BCUT2D eigenvalue weighted by molar-refractivity contribution is 0.174. The average Bonchev–Trinajstić information content (AvgIpc) is 3.12. The summed E-state index contributed by atoms with van der Waals surface area (Å²) in [6.07, 6.45) is 1.96. The SMILES string of the molecule is CC(C)(C)C(Cc1cc(-c2ccccc2)n(S(=O)(=O)c2ccc(Cl)nc2)c1)NC(=O)O. The van der Waals surface area contributed by atoms with Gasteiger partial charge in [-0.25, -0.2) is 22.2 Å². The molecule has 0 aliphatic heterocycles. The summed E-state index contributed by atoms with van der Waals surface area (Å²) in [7, 11) is -3.95. The van der Waals surface area contributed by atoms with Crippen molar-refractivity contribution >= 4 is 27.7 Å². The molecule has 1 atom stereocenters. The Bertz CT molecular complexity index is 1170. The first kappa shape index (κ1) is 22.8. The summed E-state index contributed by atoms with van der Waals surface area (Å²) in [4.78, 5) is 15.2. The van der Waals surface area contributed by atoms with E-state index in [1.165, 1.54) is 28.5 Å². The lowest BCUT2D eigenvalue weighted by Gasteiger charge is -2.30. The summed E-state index contributed by atoms with van der Waals surface area (Å²) in [5.74, 6) is 0. The molecule has 1 unspecified atom stereocenters. The number of rotatable bonds is 6. The predicted molar refractivity (Wildman–Crippen MR) is 120 cm³/mol. The topological polar surface area (TPSA) is 101 Å². The van der Waals surface area contributed by atoms with Gasteiger partial charge in [0.2, 0.25) is 0 Å². The van der Waals surface area contributed by atoms with Gasteiger partial charge in [0.05, 0.1) is 5.69 Å². The van der Waals surface area contributed by atoms with Crippen LogP contribution in [0.2, 0.25) is 5.15 Å². The maximum absolute atomic E-state index is 13.4. The van der Waals surface area contributed by atoms with E-state index in [0.717, 1.165) is 5.56 Å². The number of aromatic nitrogens is 2. The van der Waals surface area contributed by atoms with E-state index in [1.807, 2.05) is 51.1 Å².